The molecule has 3 N–H and O–H groups in total. The Morgan fingerprint density at radius 1 is 1.35 bits per heavy atom. The van der Waals surface area contributed by atoms with E-state index in [1.165, 1.54) is 0 Å². The van der Waals surface area contributed by atoms with Crippen molar-refractivity contribution in [1.29, 1.82) is 0 Å². The third kappa shape index (κ3) is 3.35. The minimum atomic E-state index is -0.380. The lowest BCUT2D eigenvalue weighted by atomic mass is 10.1. The van der Waals surface area contributed by atoms with Crippen LogP contribution in [0, 0.1) is 6.92 Å². The van der Waals surface area contributed by atoms with E-state index in [0.717, 1.165) is 22.6 Å². The van der Waals surface area contributed by atoms with Gasteiger partial charge in [0, 0.05) is 17.7 Å². The first-order valence-electron chi connectivity index (χ1n) is 5.29. The molecule has 1 aromatic rings. The number of nitrogens with one attached hydrogen (secondary N) is 1. The normalized spacial score (nSPS) is 10.1. The number of carbonyl (C=O) groups is 1. The van der Waals surface area contributed by atoms with Crippen LogP contribution >= 0.6 is 0 Å². The van der Waals surface area contributed by atoms with Gasteiger partial charge in [0.25, 0.3) is 0 Å². The fraction of sp³-hybridized carbons (Fsp3) is 0.417. The molecule has 0 saturated carbocycles. The van der Waals surface area contributed by atoms with E-state index in [4.69, 9.17) is 15.2 Å². The van der Waals surface area contributed by atoms with Crippen molar-refractivity contribution in [2.24, 2.45) is 5.73 Å². The molecular weight excluding hydrogens is 220 g/mol. The van der Waals surface area contributed by atoms with Gasteiger partial charge in [0.1, 0.15) is 11.5 Å². The Morgan fingerprint density at radius 2 is 2.06 bits per heavy atom. The molecule has 1 aromatic carbocycles. The van der Waals surface area contributed by atoms with Gasteiger partial charge in [-0.3, -0.25) is 4.79 Å². The molecule has 0 aliphatic heterocycles. The van der Waals surface area contributed by atoms with Crippen molar-refractivity contribution in [3.8, 4) is 11.5 Å². The first-order chi connectivity index (χ1) is 8.10. The third-order valence-corrected chi connectivity index (χ3v) is 2.48. The standard InChI is InChI=1S/C12H18N2O3/c1-8-10(16-2)5-4-9(12(8)17-3)6-14-7-11(13)15/h4-5,14H,6-7H2,1-3H3,(H2,13,15). The molecule has 0 fully saturated rings. The summed E-state index contributed by atoms with van der Waals surface area (Å²) in [6.07, 6.45) is 0. The molecule has 0 spiro atoms. The number of ether oxygens (including phenoxy) is 2. The van der Waals surface area contributed by atoms with Crippen LogP contribution in [0.3, 0.4) is 0 Å². The van der Waals surface area contributed by atoms with Crippen molar-refractivity contribution in [1.82, 2.24) is 5.32 Å². The van der Waals surface area contributed by atoms with Gasteiger partial charge in [0.15, 0.2) is 0 Å². The van der Waals surface area contributed by atoms with E-state index >= 15 is 0 Å². The molecule has 0 bridgehead atoms. The van der Waals surface area contributed by atoms with Gasteiger partial charge in [-0.2, -0.15) is 0 Å². The highest BCUT2D eigenvalue weighted by molar-refractivity contribution is 5.75. The topological polar surface area (TPSA) is 73.6 Å². The highest BCUT2D eigenvalue weighted by atomic mass is 16.5. The van der Waals surface area contributed by atoms with Crippen LogP contribution in [0.5, 0.6) is 11.5 Å². The molecule has 94 valence electrons. The number of methoxy groups -OCH3 is 2. The van der Waals surface area contributed by atoms with Gasteiger partial charge >= 0.3 is 0 Å². The lowest BCUT2D eigenvalue weighted by Gasteiger charge is -2.14. The Bertz CT molecular complexity index is 405. The quantitative estimate of drug-likeness (QED) is 0.760. The van der Waals surface area contributed by atoms with Crippen molar-refractivity contribution in [3.05, 3.63) is 23.3 Å². The van der Waals surface area contributed by atoms with Gasteiger partial charge in [-0.25, -0.2) is 0 Å². The number of rotatable bonds is 6. The Morgan fingerprint density at radius 3 is 2.59 bits per heavy atom. The molecule has 0 radical (unpaired) electrons. The van der Waals surface area contributed by atoms with E-state index in [0.29, 0.717) is 6.54 Å². The molecule has 0 atom stereocenters. The number of carbonyl (C=O) groups excluding carboxylic acids is 1. The number of primary amides is 1. The maximum atomic E-state index is 10.6. The van der Waals surface area contributed by atoms with Gasteiger partial charge in [0.2, 0.25) is 5.91 Å². The monoisotopic (exact) mass is 238 g/mol. The lowest BCUT2D eigenvalue weighted by molar-refractivity contribution is -0.117. The van der Waals surface area contributed by atoms with Crippen LogP contribution in [0.15, 0.2) is 12.1 Å². The number of hydrogen-bond donors (Lipinski definition) is 2. The molecule has 1 amide bonds. The minimum Gasteiger partial charge on any atom is -0.496 e. The van der Waals surface area contributed by atoms with Crippen LogP contribution in [-0.2, 0) is 11.3 Å². The lowest BCUT2D eigenvalue weighted by Crippen LogP contribution is -2.28. The predicted molar refractivity (Wildman–Crippen MR) is 65.2 cm³/mol. The maximum Gasteiger partial charge on any atom is 0.231 e. The Kier molecular flexibility index (Phi) is 4.78. The molecule has 5 nitrogen and oxygen atoms in total. The average molecular weight is 238 g/mol. The molecule has 0 aliphatic rings. The van der Waals surface area contributed by atoms with Gasteiger partial charge in [0.05, 0.1) is 20.8 Å². The zero-order chi connectivity index (χ0) is 12.8. The number of benzene rings is 1. The summed E-state index contributed by atoms with van der Waals surface area (Å²) in [4.78, 5) is 10.6. The van der Waals surface area contributed by atoms with Crippen LogP contribution in [0.2, 0.25) is 0 Å². The third-order valence-electron chi connectivity index (χ3n) is 2.48. The van der Waals surface area contributed by atoms with Crippen molar-refractivity contribution in [2.45, 2.75) is 13.5 Å². The summed E-state index contributed by atoms with van der Waals surface area (Å²) < 4.78 is 10.6. The first kappa shape index (κ1) is 13.3. The summed E-state index contributed by atoms with van der Waals surface area (Å²) in [5.74, 6) is 1.16. The smallest absolute Gasteiger partial charge is 0.231 e. The molecule has 0 heterocycles. The summed E-state index contributed by atoms with van der Waals surface area (Å²) in [5, 5.41) is 2.95. The zero-order valence-corrected chi connectivity index (χ0v) is 10.4. The molecule has 0 aliphatic carbocycles. The average Bonchev–Trinajstić information content (AvgIpc) is 2.29. The number of hydrogen-bond acceptors (Lipinski definition) is 4. The molecular formula is C12H18N2O3. The fourth-order valence-electron chi connectivity index (χ4n) is 1.69. The summed E-state index contributed by atoms with van der Waals surface area (Å²) in [6.45, 7) is 2.60. The van der Waals surface area contributed by atoms with Crippen molar-refractivity contribution < 1.29 is 14.3 Å². The van der Waals surface area contributed by atoms with Gasteiger partial charge in [-0.15, -0.1) is 0 Å². The largest absolute Gasteiger partial charge is 0.496 e. The van der Waals surface area contributed by atoms with Crippen molar-refractivity contribution >= 4 is 5.91 Å². The maximum absolute atomic E-state index is 10.6. The van der Waals surface area contributed by atoms with E-state index in [1.54, 1.807) is 14.2 Å². The van der Waals surface area contributed by atoms with E-state index < -0.39 is 0 Å². The fourth-order valence-corrected chi connectivity index (χ4v) is 1.69. The van der Waals surface area contributed by atoms with E-state index in [2.05, 4.69) is 5.32 Å². The van der Waals surface area contributed by atoms with E-state index in [-0.39, 0.29) is 12.5 Å². The zero-order valence-electron chi connectivity index (χ0n) is 10.4. The molecule has 0 aromatic heterocycles. The van der Waals surface area contributed by atoms with Crippen LogP contribution in [0.4, 0.5) is 0 Å². The highest BCUT2D eigenvalue weighted by Crippen LogP contribution is 2.30. The summed E-state index contributed by atoms with van der Waals surface area (Å²) in [6, 6.07) is 3.78. The SMILES string of the molecule is COc1ccc(CNCC(N)=O)c(OC)c1C. The van der Waals surface area contributed by atoms with Crippen molar-refractivity contribution in [2.75, 3.05) is 20.8 Å². The van der Waals surface area contributed by atoms with Crippen molar-refractivity contribution in [3.63, 3.8) is 0 Å². The Balaban J connectivity index is 2.85. The van der Waals surface area contributed by atoms with Gasteiger partial charge in [-0.1, -0.05) is 6.07 Å². The predicted octanol–water partition coefficient (Wildman–Crippen LogP) is 0.587. The van der Waals surface area contributed by atoms with E-state index in [1.807, 2.05) is 19.1 Å². The summed E-state index contributed by atoms with van der Waals surface area (Å²) in [7, 11) is 3.23. The Hall–Kier alpha value is -1.75. The highest BCUT2D eigenvalue weighted by Gasteiger charge is 2.10. The van der Waals surface area contributed by atoms with Gasteiger partial charge in [-0.05, 0) is 13.0 Å². The number of nitrogens with two attached hydrogens (primary N) is 1. The second-order valence-electron chi connectivity index (χ2n) is 3.66. The molecule has 17 heavy (non-hydrogen) atoms. The summed E-state index contributed by atoms with van der Waals surface area (Å²) in [5.41, 5.74) is 6.95. The van der Waals surface area contributed by atoms with Crippen LogP contribution in [-0.4, -0.2) is 26.7 Å². The van der Waals surface area contributed by atoms with Gasteiger partial charge < -0.3 is 20.5 Å². The number of amides is 1. The molecule has 0 unspecified atom stereocenters. The first-order valence-corrected chi connectivity index (χ1v) is 5.29. The summed E-state index contributed by atoms with van der Waals surface area (Å²) >= 11 is 0. The minimum absolute atomic E-state index is 0.147. The van der Waals surface area contributed by atoms with E-state index in [9.17, 15) is 4.79 Å². The second kappa shape index (κ2) is 6.10. The molecule has 5 heteroatoms. The molecule has 0 saturated heterocycles. The van der Waals surface area contributed by atoms with Crippen LogP contribution in [0.25, 0.3) is 0 Å². The van der Waals surface area contributed by atoms with Crippen LogP contribution < -0.4 is 20.5 Å². The molecule has 1 rings (SSSR count). The Labute approximate surface area is 101 Å². The second-order valence-corrected chi connectivity index (χ2v) is 3.66. The van der Waals surface area contributed by atoms with Crippen LogP contribution in [0.1, 0.15) is 11.1 Å².